The maximum absolute atomic E-state index is 11.2. The van der Waals surface area contributed by atoms with E-state index in [1.54, 1.807) is 6.07 Å². The predicted molar refractivity (Wildman–Crippen MR) is 103 cm³/mol. The van der Waals surface area contributed by atoms with Crippen molar-refractivity contribution in [2.45, 2.75) is 32.3 Å². The molecule has 0 aliphatic carbocycles. The Balaban J connectivity index is 1.45. The van der Waals surface area contributed by atoms with Crippen molar-refractivity contribution in [3.05, 3.63) is 60.0 Å². The van der Waals surface area contributed by atoms with Gasteiger partial charge in [0, 0.05) is 13.0 Å². The fourth-order valence-electron chi connectivity index (χ4n) is 2.68. The van der Waals surface area contributed by atoms with Crippen molar-refractivity contribution in [2.75, 3.05) is 13.1 Å². The Morgan fingerprint density at radius 3 is 2.70 bits per heavy atom. The number of para-hydroxylation sites is 2. The Morgan fingerprint density at radius 1 is 1.15 bits per heavy atom. The van der Waals surface area contributed by atoms with Crippen LogP contribution < -0.4 is 10.1 Å². The number of carbonyl (C=O) groups is 1. The van der Waals surface area contributed by atoms with Crippen LogP contribution in [0.5, 0.6) is 5.75 Å². The quantitative estimate of drug-likeness (QED) is 0.563. The standard InChI is InChI=1S/C21H24N2O4/c1-21(2,20(24)25)27-16-7-5-6-15(14-16)10-12-22-13-11-19-23-17-8-3-4-9-18(17)26-19/h3-9,14,22H,10-13H2,1-2H3,(H,24,25). The summed E-state index contributed by atoms with van der Waals surface area (Å²) >= 11 is 0. The van der Waals surface area contributed by atoms with Crippen LogP contribution in [0.3, 0.4) is 0 Å². The molecule has 0 aliphatic heterocycles. The summed E-state index contributed by atoms with van der Waals surface area (Å²) in [6.07, 6.45) is 1.54. The molecule has 2 N–H and O–H groups in total. The lowest BCUT2D eigenvalue weighted by Crippen LogP contribution is -2.37. The van der Waals surface area contributed by atoms with Crippen LogP contribution in [-0.2, 0) is 17.6 Å². The van der Waals surface area contributed by atoms with Gasteiger partial charge in [-0.3, -0.25) is 0 Å². The number of carboxylic acid groups (broad SMARTS) is 1. The summed E-state index contributed by atoms with van der Waals surface area (Å²) in [6, 6.07) is 15.3. The van der Waals surface area contributed by atoms with Gasteiger partial charge in [0.2, 0.25) is 0 Å². The number of aromatic nitrogens is 1. The molecule has 0 atom stereocenters. The average molecular weight is 368 g/mol. The lowest BCUT2D eigenvalue weighted by atomic mass is 10.1. The SMILES string of the molecule is CC(C)(Oc1cccc(CCNCCc2nc3ccccc3o2)c1)C(=O)O. The molecule has 6 heteroatoms. The Kier molecular flexibility index (Phi) is 5.76. The molecule has 0 saturated heterocycles. The second kappa shape index (κ2) is 8.22. The number of rotatable bonds is 9. The molecule has 3 aromatic rings. The molecule has 0 amide bonds. The molecule has 0 aliphatic rings. The highest BCUT2D eigenvalue weighted by Gasteiger charge is 2.29. The second-order valence-electron chi connectivity index (χ2n) is 6.89. The van der Waals surface area contributed by atoms with Crippen LogP contribution in [-0.4, -0.2) is 34.8 Å². The molecular formula is C21H24N2O4. The van der Waals surface area contributed by atoms with Gasteiger partial charge in [0.25, 0.3) is 0 Å². The topological polar surface area (TPSA) is 84.6 Å². The summed E-state index contributed by atoms with van der Waals surface area (Å²) in [5, 5.41) is 12.5. The number of benzene rings is 2. The van der Waals surface area contributed by atoms with E-state index in [0.717, 1.165) is 48.5 Å². The van der Waals surface area contributed by atoms with Crippen molar-refractivity contribution in [3.63, 3.8) is 0 Å². The van der Waals surface area contributed by atoms with E-state index in [0.29, 0.717) is 5.75 Å². The fraction of sp³-hybridized carbons (Fsp3) is 0.333. The van der Waals surface area contributed by atoms with Crippen molar-refractivity contribution < 1.29 is 19.1 Å². The normalized spacial score (nSPS) is 11.6. The van der Waals surface area contributed by atoms with E-state index in [1.165, 1.54) is 13.8 Å². The van der Waals surface area contributed by atoms with E-state index in [4.69, 9.17) is 14.3 Å². The largest absolute Gasteiger partial charge is 0.478 e. The molecule has 2 aromatic carbocycles. The number of nitrogens with one attached hydrogen (secondary N) is 1. The number of hydrogen-bond acceptors (Lipinski definition) is 5. The molecule has 1 aromatic heterocycles. The zero-order chi connectivity index (χ0) is 19.3. The number of ether oxygens (including phenoxy) is 1. The molecule has 0 saturated carbocycles. The molecule has 0 bridgehead atoms. The first-order chi connectivity index (χ1) is 12.9. The minimum Gasteiger partial charge on any atom is -0.478 e. The van der Waals surface area contributed by atoms with Gasteiger partial charge in [-0.2, -0.15) is 0 Å². The highest BCUT2D eigenvalue weighted by atomic mass is 16.5. The minimum atomic E-state index is -1.25. The van der Waals surface area contributed by atoms with Crippen LogP contribution in [0.1, 0.15) is 25.3 Å². The molecule has 3 rings (SSSR count). The van der Waals surface area contributed by atoms with Crippen molar-refractivity contribution >= 4 is 17.1 Å². The van der Waals surface area contributed by atoms with Crippen LogP contribution in [0.15, 0.2) is 52.9 Å². The van der Waals surface area contributed by atoms with E-state index < -0.39 is 11.6 Å². The lowest BCUT2D eigenvalue weighted by Gasteiger charge is -2.21. The van der Waals surface area contributed by atoms with Crippen LogP contribution in [0.25, 0.3) is 11.1 Å². The zero-order valence-electron chi connectivity index (χ0n) is 15.6. The van der Waals surface area contributed by atoms with Crippen LogP contribution >= 0.6 is 0 Å². The number of aliphatic carboxylic acids is 1. The predicted octanol–water partition coefficient (Wildman–Crippen LogP) is 3.44. The van der Waals surface area contributed by atoms with Gasteiger partial charge in [-0.15, -0.1) is 0 Å². The molecule has 0 spiro atoms. The van der Waals surface area contributed by atoms with E-state index in [9.17, 15) is 4.79 Å². The van der Waals surface area contributed by atoms with Crippen molar-refractivity contribution in [2.24, 2.45) is 0 Å². The molecule has 0 unspecified atom stereocenters. The van der Waals surface area contributed by atoms with Gasteiger partial charge in [-0.25, -0.2) is 9.78 Å². The highest BCUT2D eigenvalue weighted by Crippen LogP contribution is 2.20. The lowest BCUT2D eigenvalue weighted by molar-refractivity contribution is -0.152. The third-order valence-corrected chi connectivity index (χ3v) is 4.23. The third kappa shape index (κ3) is 5.08. The maximum Gasteiger partial charge on any atom is 0.347 e. The number of carboxylic acids is 1. The second-order valence-corrected chi connectivity index (χ2v) is 6.89. The third-order valence-electron chi connectivity index (χ3n) is 4.23. The van der Waals surface area contributed by atoms with Crippen molar-refractivity contribution in [3.8, 4) is 5.75 Å². The number of hydrogen-bond donors (Lipinski definition) is 2. The Morgan fingerprint density at radius 2 is 1.93 bits per heavy atom. The van der Waals surface area contributed by atoms with Gasteiger partial charge in [-0.05, 0) is 56.6 Å². The first-order valence-corrected chi connectivity index (χ1v) is 9.00. The Bertz CT molecular complexity index is 884. The summed E-state index contributed by atoms with van der Waals surface area (Å²) < 4.78 is 11.3. The highest BCUT2D eigenvalue weighted by molar-refractivity contribution is 5.76. The van der Waals surface area contributed by atoms with E-state index in [1.807, 2.05) is 42.5 Å². The summed E-state index contributed by atoms with van der Waals surface area (Å²) in [5.41, 5.74) is 1.53. The number of nitrogens with zero attached hydrogens (tertiary/aromatic N) is 1. The van der Waals surface area contributed by atoms with Crippen LogP contribution in [0.4, 0.5) is 0 Å². The molecule has 0 radical (unpaired) electrons. The monoisotopic (exact) mass is 368 g/mol. The molecule has 1 heterocycles. The summed E-state index contributed by atoms with van der Waals surface area (Å²) in [6.45, 7) is 4.65. The molecular weight excluding hydrogens is 344 g/mol. The smallest absolute Gasteiger partial charge is 0.347 e. The fourth-order valence-corrected chi connectivity index (χ4v) is 2.68. The average Bonchev–Trinajstić information content (AvgIpc) is 3.04. The van der Waals surface area contributed by atoms with Gasteiger partial charge in [0.15, 0.2) is 17.1 Å². The van der Waals surface area contributed by atoms with Crippen molar-refractivity contribution in [1.29, 1.82) is 0 Å². The van der Waals surface area contributed by atoms with E-state index in [2.05, 4.69) is 10.3 Å². The zero-order valence-corrected chi connectivity index (χ0v) is 15.6. The minimum absolute atomic E-state index is 0.561. The van der Waals surface area contributed by atoms with E-state index >= 15 is 0 Å². The summed E-state index contributed by atoms with van der Waals surface area (Å²) in [7, 11) is 0. The van der Waals surface area contributed by atoms with Crippen LogP contribution in [0, 0.1) is 0 Å². The van der Waals surface area contributed by atoms with E-state index in [-0.39, 0.29) is 0 Å². The first-order valence-electron chi connectivity index (χ1n) is 9.00. The summed E-state index contributed by atoms with van der Waals surface area (Å²) in [5.74, 6) is 0.301. The number of oxazole rings is 1. The van der Waals surface area contributed by atoms with Gasteiger partial charge < -0.3 is 19.6 Å². The van der Waals surface area contributed by atoms with Crippen molar-refractivity contribution in [1.82, 2.24) is 10.3 Å². The van der Waals surface area contributed by atoms with Gasteiger partial charge in [0.1, 0.15) is 11.3 Å². The Labute approximate surface area is 158 Å². The van der Waals surface area contributed by atoms with Crippen LogP contribution in [0.2, 0.25) is 0 Å². The Hall–Kier alpha value is -2.86. The van der Waals surface area contributed by atoms with Gasteiger partial charge in [-0.1, -0.05) is 24.3 Å². The summed E-state index contributed by atoms with van der Waals surface area (Å²) in [4.78, 5) is 15.6. The molecule has 6 nitrogen and oxygen atoms in total. The molecule has 27 heavy (non-hydrogen) atoms. The maximum atomic E-state index is 11.2. The first kappa shape index (κ1) is 18.9. The number of fused-ring (bicyclic) bond motifs is 1. The molecule has 142 valence electrons. The molecule has 0 fully saturated rings. The van der Waals surface area contributed by atoms with Gasteiger partial charge in [0.05, 0.1) is 0 Å². The van der Waals surface area contributed by atoms with Gasteiger partial charge >= 0.3 is 5.97 Å².